The van der Waals surface area contributed by atoms with E-state index >= 15 is 0 Å². The summed E-state index contributed by atoms with van der Waals surface area (Å²) in [6.07, 6.45) is 0. The minimum Gasteiger partial charge on any atom is -0.478 e. The number of hydrogen-bond acceptors (Lipinski definition) is 2. The van der Waals surface area contributed by atoms with Crippen molar-refractivity contribution in [3.63, 3.8) is 0 Å². The Morgan fingerprint density at radius 2 is 1.47 bits per heavy atom. The number of carboxylic acid groups (broad SMARTS) is 2. The first kappa shape index (κ1) is 11.3. The van der Waals surface area contributed by atoms with Crippen LogP contribution in [0.3, 0.4) is 0 Å². The molecule has 1 aromatic heterocycles. The van der Waals surface area contributed by atoms with Gasteiger partial charge in [0.1, 0.15) is 0 Å². The molecule has 3 N–H and O–H groups in total. The summed E-state index contributed by atoms with van der Waals surface area (Å²) in [6, 6.07) is 10.2. The van der Waals surface area contributed by atoms with Crippen LogP contribution in [0.25, 0.3) is 21.8 Å². The van der Waals surface area contributed by atoms with E-state index in [0.717, 1.165) is 10.9 Å². The third kappa shape index (κ3) is 1.63. The SMILES string of the molecule is O=C(O)c1cc2[nH]c3ccccc3c2cc1C(=O)O. The van der Waals surface area contributed by atoms with Crippen molar-refractivity contribution >= 4 is 33.7 Å². The number of aromatic nitrogens is 1. The largest absolute Gasteiger partial charge is 0.478 e. The predicted molar refractivity (Wildman–Crippen MR) is 69.7 cm³/mol. The number of nitrogens with one attached hydrogen (secondary N) is 1. The van der Waals surface area contributed by atoms with E-state index < -0.39 is 11.9 Å². The van der Waals surface area contributed by atoms with Gasteiger partial charge in [-0.1, -0.05) is 18.2 Å². The number of hydrogen-bond donors (Lipinski definition) is 3. The fourth-order valence-electron chi connectivity index (χ4n) is 2.25. The van der Waals surface area contributed by atoms with Gasteiger partial charge in [0.2, 0.25) is 0 Å². The van der Waals surface area contributed by atoms with Crippen LogP contribution >= 0.6 is 0 Å². The number of aromatic amines is 1. The molecule has 0 unspecified atom stereocenters. The van der Waals surface area contributed by atoms with Crippen molar-refractivity contribution in [3.8, 4) is 0 Å². The third-order valence-electron chi connectivity index (χ3n) is 3.11. The van der Waals surface area contributed by atoms with E-state index in [-0.39, 0.29) is 11.1 Å². The van der Waals surface area contributed by atoms with E-state index in [1.807, 2.05) is 24.3 Å². The summed E-state index contributed by atoms with van der Waals surface area (Å²) >= 11 is 0. The second-order valence-electron chi connectivity index (χ2n) is 4.22. The zero-order chi connectivity index (χ0) is 13.6. The van der Waals surface area contributed by atoms with Gasteiger partial charge in [-0.3, -0.25) is 0 Å². The van der Waals surface area contributed by atoms with Crippen molar-refractivity contribution in [1.82, 2.24) is 4.98 Å². The van der Waals surface area contributed by atoms with E-state index in [4.69, 9.17) is 10.2 Å². The molecule has 0 saturated heterocycles. The van der Waals surface area contributed by atoms with Crippen LogP contribution in [0, 0.1) is 0 Å². The molecule has 0 aliphatic heterocycles. The smallest absolute Gasteiger partial charge is 0.336 e. The minimum atomic E-state index is -1.25. The number of carbonyl (C=O) groups is 2. The maximum atomic E-state index is 11.2. The van der Waals surface area contributed by atoms with Crippen molar-refractivity contribution in [2.24, 2.45) is 0 Å². The second kappa shape index (κ2) is 3.84. The maximum absolute atomic E-state index is 11.2. The minimum absolute atomic E-state index is 0.204. The van der Waals surface area contributed by atoms with Crippen LogP contribution in [0.15, 0.2) is 36.4 Å². The Morgan fingerprint density at radius 1 is 0.842 bits per heavy atom. The molecular formula is C14H9NO4. The van der Waals surface area contributed by atoms with Gasteiger partial charge in [-0.15, -0.1) is 0 Å². The Balaban J connectivity index is 2.46. The van der Waals surface area contributed by atoms with Crippen LogP contribution in [-0.2, 0) is 0 Å². The van der Waals surface area contributed by atoms with Gasteiger partial charge in [-0.05, 0) is 18.2 Å². The molecule has 0 fully saturated rings. The monoisotopic (exact) mass is 255 g/mol. The van der Waals surface area contributed by atoms with Crippen molar-refractivity contribution in [2.75, 3.05) is 0 Å². The number of benzene rings is 2. The van der Waals surface area contributed by atoms with Gasteiger partial charge in [0.15, 0.2) is 0 Å². The van der Waals surface area contributed by atoms with E-state index in [1.165, 1.54) is 12.1 Å². The Morgan fingerprint density at radius 3 is 2.16 bits per heavy atom. The van der Waals surface area contributed by atoms with Crippen molar-refractivity contribution < 1.29 is 19.8 Å². The average Bonchev–Trinajstić information content (AvgIpc) is 2.74. The number of aromatic carboxylic acids is 2. The maximum Gasteiger partial charge on any atom is 0.336 e. The fraction of sp³-hybridized carbons (Fsp3) is 0. The van der Waals surface area contributed by atoms with Gasteiger partial charge in [0, 0.05) is 21.8 Å². The third-order valence-corrected chi connectivity index (χ3v) is 3.11. The number of rotatable bonds is 2. The summed E-state index contributed by atoms with van der Waals surface area (Å²) in [5, 5.41) is 19.8. The first-order valence-corrected chi connectivity index (χ1v) is 5.59. The zero-order valence-corrected chi connectivity index (χ0v) is 9.68. The Labute approximate surface area is 107 Å². The summed E-state index contributed by atoms with van der Waals surface area (Å²) in [7, 11) is 0. The van der Waals surface area contributed by atoms with Crippen molar-refractivity contribution in [2.45, 2.75) is 0 Å². The Hall–Kier alpha value is -2.82. The number of carboxylic acids is 2. The highest BCUT2D eigenvalue weighted by atomic mass is 16.4. The van der Waals surface area contributed by atoms with Crippen molar-refractivity contribution in [3.05, 3.63) is 47.5 Å². The molecule has 5 nitrogen and oxygen atoms in total. The van der Waals surface area contributed by atoms with Crippen molar-refractivity contribution in [1.29, 1.82) is 0 Å². The molecule has 0 aliphatic carbocycles. The molecule has 3 aromatic rings. The van der Waals surface area contributed by atoms with Gasteiger partial charge >= 0.3 is 11.9 Å². The molecule has 5 heteroatoms. The highest BCUT2D eigenvalue weighted by Crippen LogP contribution is 2.28. The molecule has 0 aliphatic rings. The molecule has 19 heavy (non-hydrogen) atoms. The van der Waals surface area contributed by atoms with Crippen LogP contribution in [0.2, 0.25) is 0 Å². The fourth-order valence-corrected chi connectivity index (χ4v) is 2.25. The molecule has 3 rings (SSSR count). The average molecular weight is 255 g/mol. The van der Waals surface area contributed by atoms with Crippen LogP contribution in [0.4, 0.5) is 0 Å². The molecule has 0 radical (unpaired) electrons. The first-order valence-electron chi connectivity index (χ1n) is 5.59. The molecule has 2 aromatic carbocycles. The molecule has 94 valence electrons. The number of fused-ring (bicyclic) bond motifs is 3. The van der Waals surface area contributed by atoms with E-state index in [9.17, 15) is 9.59 Å². The lowest BCUT2D eigenvalue weighted by atomic mass is 10.0. The summed E-state index contributed by atoms with van der Waals surface area (Å²) < 4.78 is 0. The molecule has 0 spiro atoms. The lowest BCUT2D eigenvalue weighted by Gasteiger charge is -2.01. The van der Waals surface area contributed by atoms with Gasteiger partial charge in [-0.25, -0.2) is 9.59 Å². The molecule has 0 bridgehead atoms. The first-order chi connectivity index (χ1) is 9.08. The lowest BCUT2D eigenvalue weighted by molar-refractivity contribution is 0.0652. The standard InChI is InChI=1S/C14H9NO4/c16-13(17)9-5-8-7-3-1-2-4-11(7)15-12(8)6-10(9)14(18)19/h1-6,15H,(H,16,17)(H,18,19). The summed E-state index contributed by atoms with van der Waals surface area (Å²) in [5.41, 5.74) is 1.04. The van der Waals surface area contributed by atoms with Crippen LogP contribution in [0.5, 0.6) is 0 Å². The number of H-pyrrole nitrogens is 1. The van der Waals surface area contributed by atoms with Gasteiger partial charge in [0.25, 0.3) is 0 Å². The Bertz CT molecular complexity index is 832. The van der Waals surface area contributed by atoms with Gasteiger partial charge < -0.3 is 15.2 Å². The summed E-state index contributed by atoms with van der Waals surface area (Å²) in [4.78, 5) is 25.3. The highest BCUT2D eigenvalue weighted by molar-refractivity contribution is 6.13. The van der Waals surface area contributed by atoms with Crippen LogP contribution in [-0.4, -0.2) is 27.1 Å². The van der Waals surface area contributed by atoms with E-state index in [1.54, 1.807) is 0 Å². The molecule has 1 heterocycles. The Kier molecular flexibility index (Phi) is 2.28. The van der Waals surface area contributed by atoms with E-state index in [0.29, 0.717) is 10.9 Å². The zero-order valence-electron chi connectivity index (χ0n) is 9.68. The topological polar surface area (TPSA) is 90.4 Å². The summed E-state index contributed by atoms with van der Waals surface area (Å²) in [6.45, 7) is 0. The molecule has 0 amide bonds. The predicted octanol–water partition coefficient (Wildman–Crippen LogP) is 2.72. The molecular weight excluding hydrogens is 246 g/mol. The number of para-hydroxylation sites is 1. The van der Waals surface area contributed by atoms with Crippen LogP contribution in [0.1, 0.15) is 20.7 Å². The molecule has 0 saturated carbocycles. The lowest BCUT2D eigenvalue weighted by Crippen LogP contribution is -2.07. The quantitative estimate of drug-likeness (QED) is 0.656. The molecule has 0 atom stereocenters. The normalized spacial score (nSPS) is 10.9. The highest BCUT2D eigenvalue weighted by Gasteiger charge is 2.18. The summed E-state index contributed by atoms with van der Waals surface area (Å²) in [5.74, 6) is -2.50. The van der Waals surface area contributed by atoms with Crippen LogP contribution < -0.4 is 0 Å². The second-order valence-corrected chi connectivity index (χ2v) is 4.22. The van der Waals surface area contributed by atoms with Gasteiger partial charge in [0.05, 0.1) is 11.1 Å². The van der Waals surface area contributed by atoms with Gasteiger partial charge in [-0.2, -0.15) is 0 Å². The van der Waals surface area contributed by atoms with E-state index in [2.05, 4.69) is 4.98 Å².